The van der Waals surface area contributed by atoms with Gasteiger partial charge in [-0.25, -0.2) is 4.39 Å². The number of aromatic nitrogens is 1. The Bertz CT molecular complexity index is 1300. The quantitative estimate of drug-likeness (QED) is 0.264. The van der Waals surface area contributed by atoms with Crippen molar-refractivity contribution >= 4 is 16.6 Å². The molecule has 0 fully saturated rings. The van der Waals surface area contributed by atoms with Gasteiger partial charge in [-0.05, 0) is 66.9 Å². The second-order valence-electron chi connectivity index (χ2n) is 7.85. The molecule has 35 heavy (non-hydrogen) atoms. The van der Waals surface area contributed by atoms with E-state index in [0.29, 0.717) is 35.0 Å². The number of ether oxygens (including phenoxy) is 1. The lowest BCUT2D eigenvalue weighted by atomic mass is 10.0. The van der Waals surface area contributed by atoms with Crippen LogP contribution in [-0.2, 0) is 18.8 Å². The average molecular weight is 496 g/mol. The number of aromatic amines is 1. The molecule has 3 nitrogen and oxygen atoms in total. The minimum Gasteiger partial charge on any atom is -0.456 e. The van der Waals surface area contributed by atoms with Crippen LogP contribution < -0.4 is 10.1 Å². The Morgan fingerprint density at radius 2 is 1.49 bits per heavy atom. The predicted octanol–water partition coefficient (Wildman–Crippen LogP) is 8.16. The lowest BCUT2D eigenvalue weighted by Gasteiger charge is -2.21. The van der Waals surface area contributed by atoms with Crippen LogP contribution in [0.5, 0.6) is 11.5 Å². The topological polar surface area (TPSA) is 37.0 Å². The molecule has 184 valence electrons. The maximum Gasteiger partial charge on any atom is 0.420 e. The van der Waals surface area contributed by atoms with Gasteiger partial charge in [0.25, 0.3) is 0 Å². The highest BCUT2D eigenvalue weighted by Gasteiger charge is 2.43. The molecule has 0 aliphatic carbocycles. The number of alkyl halides is 6. The number of H-pyrrole nitrogens is 1. The number of fused-ring (bicyclic) bond motifs is 1. The van der Waals surface area contributed by atoms with Crippen LogP contribution in [0, 0.1) is 5.82 Å². The van der Waals surface area contributed by atoms with Gasteiger partial charge in [0.05, 0.1) is 0 Å². The molecule has 0 aliphatic heterocycles. The first-order valence-electron chi connectivity index (χ1n) is 10.5. The molecule has 10 heteroatoms. The summed E-state index contributed by atoms with van der Waals surface area (Å²) in [6.07, 6.45) is -8.15. The summed E-state index contributed by atoms with van der Waals surface area (Å²) in [5, 5.41) is 3.05. The fourth-order valence-corrected chi connectivity index (χ4v) is 3.77. The first-order chi connectivity index (χ1) is 16.5. The molecule has 0 amide bonds. The second kappa shape index (κ2) is 9.16. The Balaban J connectivity index is 1.78. The molecule has 3 aromatic carbocycles. The fourth-order valence-electron chi connectivity index (χ4n) is 3.77. The van der Waals surface area contributed by atoms with Gasteiger partial charge >= 0.3 is 12.4 Å². The SMILES string of the molecule is CCNc1cc(C(F)(F)F)c(Oc2ccc3[nH]cc(Cc4ccc(F)cc4)c3c2)c(C(F)(F)F)c1. The van der Waals surface area contributed by atoms with Crippen LogP contribution in [0.25, 0.3) is 10.9 Å². The van der Waals surface area contributed by atoms with Crippen LogP contribution in [0.2, 0.25) is 0 Å². The van der Waals surface area contributed by atoms with Crippen LogP contribution in [0.4, 0.5) is 36.4 Å². The van der Waals surface area contributed by atoms with Crippen molar-refractivity contribution in [2.45, 2.75) is 25.7 Å². The summed E-state index contributed by atoms with van der Waals surface area (Å²) < 4.78 is 101. The highest BCUT2D eigenvalue weighted by Crippen LogP contribution is 2.47. The van der Waals surface area contributed by atoms with Gasteiger partial charge < -0.3 is 15.0 Å². The second-order valence-corrected chi connectivity index (χ2v) is 7.85. The third-order valence-electron chi connectivity index (χ3n) is 5.35. The van der Waals surface area contributed by atoms with E-state index in [4.69, 9.17) is 4.74 Å². The Morgan fingerprint density at radius 1 is 0.857 bits per heavy atom. The van der Waals surface area contributed by atoms with Crippen LogP contribution in [0.1, 0.15) is 29.2 Å². The number of halogens is 7. The number of nitrogens with one attached hydrogen (secondary N) is 2. The van der Waals surface area contributed by atoms with Crippen LogP contribution in [0.15, 0.2) is 60.8 Å². The van der Waals surface area contributed by atoms with E-state index < -0.39 is 35.0 Å². The zero-order valence-corrected chi connectivity index (χ0v) is 18.2. The standard InChI is InChI=1S/C25H19F7N2O/c1-2-33-17-10-20(24(27,28)29)23(21(11-17)25(30,31)32)35-18-7-8-22-19(12-18)15(13-34-22)9-14-3-5-16(26)6-4-14/h3-8,10-13,33-34H,2,9H2,1H3. The zero-order valence-electron chi connectivity index (χ0n) is 18.2. The smallest absolute Gasteiger partial charge is 0.420 e. The molecular weight excluding hydrogens is 477 g/mol. The maximum atomic E-state index is 13.8. The van der Waals surface area contributed by atoms with Gasteiger partial charge in [0.15, 0.2) is 5.75 Å². The van der Waals surface area contributed by atoms with E-state index >= 15 is 0 Å². The van der Waals surface area contributed by atoms with E-state index in [-0.39, 0.29) is 18.0 Å². The summed E-state index contributed by atoms with van der Waals surface area (Å²) in [5.41, 5.74) is -1.29. The molecular formula is C25H19F7N2O. The number of anilines is 1. The lowest BCUT2D eigenvalue weighted by Crippen LogP contribution is -2.15. The van der Waals surface area contributed by atoms with Gasteiger partial charge in [-0.1, -0.05) is 12.1 Å². The van der Waals surface area contributed by atoms with Gasteiger partial charge in [0, 0.05) is 29.3 Å². The summed E-state index contributed by atoms with van der Waals surface area (Å²) >= 11 is 0. The first kappa shape index (κ1) is 24.4. The van der Waals surface area contributed by atoms with Crippen molar-refractivity contribution < 1.29 is 35.5 Å². The molecule has 1 heterocycles. The Morgan fingerprint density at radius 3 is 2.06 bits per heavy atom. The van der Waals surface area contributed by atoms with Crippen molar-refractivity contribution in [3.63, 3.8) is 0 Å². The van der Waals surface area contributed by atoms with Gasteiger partial charge in [-0.2, -0.15) is 26.3 Å². The van der Waals surface area contributed by atoms with E-state index in [2.05, 4.69) is 10.3 Å². The minimum absolute atomic E-state index is 0.135. The molecule has 4 rings (SSSR count). The number of benzene rings is 3. The molecule has 0 unspecified atom stereocenters. The maximum absolute atomic E-state index is 13.8. The van der Waals surface area contributed by atoms with Gasteiger partial charge in [0.2, 0.25) is 0 Å². The monoisotopic (exact) mass is 496 g/mol. The summed E-state index contributed by atoms with van der Waals surface area (Å²) in [7, 11) is 0. The van der Waals surface area contributed by atoms with Crippen molar-refractivity contribution in [1.82, 2.24) is 4.98 Å². The molecule has 0 spiro atoms. The minimum atomic E-state index is -5.09. The van der Waals surface area contributed by atoms with E-state index in [0.717, 1.165) is 5.56 Å². The number of hydrogen-bond acceptors (Lipinski definition) is 2. The summed E-state index contributed by atoms with van der Waals surface area (Å²) in [6, 6.07) is 11.2. The highest BCUT2D eigenvalue weighted by molar-refractivity contribution is 5.85. The van der Waals surface area contributed by atoms with E-state index in [1.165, 1.54) is 30.3 Å². The first-order valence-corrected chi connectivity index (χ1v) is 10.5. The Labute approximate surface area is 195 Å². The third-order valence-corrected chi connectivity index (χ3v) is 5.35. The van der Waals surface area contributed by atoms with E-state index in [1.807, 2.05) is 0 Å². The molecule has 0 atom stereocenters. The largest absolute Gasteiger partial charge is 0.456 e. The highest BCUT2D eigenvalue weighted by atomic mass is 19.4. The molecule has 2 N–H and O–H groups in total. The third kappa shape index (κ3) is 5.36. The normalized spacial score (nSPS) is 12.2. The molecule has 0 saturated heterocycles. The van der Waals surface area contributed by atoms with Crippen molar-refractivity contribution in [3.05, 3.63) is 88.9 Å². The molecule has 0 bridgehead atoms. The molecule has 1 aromatic heterocycles. The summed E-state index contributed by atoms with van der Waals surface area (Å²) in [6.45, 7) is 1.69. The van der Waals surface area contributed by atoms with Crippen molar-refractivity contribution in [2.75, 3.05) is 11.9 Å². The van der Waals surface area contributed by atoms with Gasteiger partial charge in [0.1, 0.15) is 22.7 Å². The summed E-state index contributed by atoms with van der Waals surface area (Å²) in [4.78, 5) is 3.01. The van der Waals surface area contributed by atoms with Crippen LogP contribution >= 0.6 is 0 Å². The van der Waals surface area contributed by atoms with E-state index in [1.54, 1.807) is 25.3 Å². The average Bonchev–Trinajstić information content (AvgIpc) is 3.17. The molecule has 0 aliphatic rings. The van der Waals surface area contributed by atoms with Crippen molar-refractivity contribution in [2.24, 2.45) is 0 Å². The fraction of sp³-hybridized carbons (Fsp3) is 0.200. The molecule has 4 aromatic rings. The van der Waals surface area contributed by atoms with Gasteiger partial charge in [-0.3, -0.25) is 0 Å². The van der Waals surface area contributed by atoms with Crippen LogP contribution in [-0.4, -0.2) is 11.5 Å². The number of hydrogen-bond donors (Lipinski definition) is 2. The Hall–Kier alpha value is -3.69. The van der Waals surface area contributed by atoms with E-state index in [9.17, 15) is 30.7 Å². The number of rotatable bonds is 6. The Kier molecular flexibility index (Phi) is 6.40. The summed E-state index contributed by atoms with van der Waals surface area (Å²) in [5.74, 6) is -1.91. The van der Waals surface area contributed by atoms with Crippen molar-refractivity contribution in [3.8, 4) is 11.5 Å². The predicted molar refractivity (Wildman–Crippen MR) is 118 cm³/mol. The van der Waals surface area contributed by atoms with Gasteiger partial charge in [-0.15, -0.1) is 0 Å². The van der Waals surface area contributed by atoms with Crippen LogP contribution in [0.3, 0.4) is 0 Å². The van der Waals surface area contributed by atoms with Crippen molar-refractivity contribution in [1.29, 1.82) is 0 Å². The zero-order chi connectivity index (χ0) is 25.4. The lowest BCUT2D eigenvalue weighted by molar-refractivity contribution is -0.144. The molecule has 0 radical (unpaired) electrons. The molecule has 0 saturated carbocycles.